The van der Waals surface area contributed by atoms with Crippen molar-refractivity contribution in [2.45, 2.75) is 18.8 Å². The number of aromatic nitrogens is 5. The molecule has 0 spiro atoms. The van der Waals surface area contributed by atoms with Crippen molar-refractivity contribution in [3.05, 3.63) is 42.6 Å². The summed E-state index contributed by atoms with van der Waals surface area (Å²) in [6, 6.07) is 7.72. The fourth-order valence-corrected chi connectivity index (χ4v) is 2.90. The van der Waals surface area contributed by atoms with Crippen LogP contribution >= 0.6 is 0 Å². The fourth-order valence-electron chi connectivity index (χ4n) is 2.90. The Morgan fingerprint density at radius 3 is 2.83 bits per heavy atom. The van der Waals surface area contributed by atoms with Gasteiger partial charge in [0.2, 0.25) is 5.88 Å². The monoisotopic (exact) mass is 303 g/mol. The molecule has 3 aromatic heterocycles. The second kappa shape index (κ2) is 4.49. The highest BCUT2D eigenvalue weighted by Crippen LogP contribution is 2.40. The molecule has 23 heavy (non-hydrogen) atoms. The molecule has 1 aliphatic carbocycles. The predicted molar refractivity (Wildman–Crippen MR) is 86.1 cm³/mol. The smallest absolute Gasteiger partial charge is 0.222 e. The number of H-pyrrole nitrogens is 1. The van der Waals surface area contributed by atoms with Crippen molar-refractivity contribution < 1.29 is 5.11 Å². The van der Waals surface area contributed by atoms with E-state index < -0.39 is 0 Å². The Bertz CT molecular complexity index is 1050. The molecule has 112 valence electrons. The number of fused-ring (bicyclic) bond motifs is 2. The van der Waals surface area contributed by atoms with Crippen LogP contribution in [0.1, 0.15) is 24.6 Å². The molecule has 6 heteroatoms. The van der Waals surface area contributed by atoms with Crippen molar-refractivity contribution in [3.8, 4) is 17.1 Å². The fraction of sp³-hybridized carbons (Fsp3) is 0.176. The second-order valence-corrected chi connectivity index (χ2v) is 5.87. The Balaban J connectivity index is 1.72. The summed E-state index contributed by atoms with van der Waals surface area (Å²) >= 11 is 0. The molecule has 3 heterocycles. The van der Waals surface area contributed by atoms with E-state index in [-0.39, 0.29) is 5.88 Å². The number of hydrogen-bond donors (Lipinski definition) is 2. The Kier molecular flexibility index (Phi) is 2.44. The van der Waals surface area contributed by atoms with Crippen LogP contribution in [-0.4, -0.2) is 30.0 Å². The molecular formula is C17H13N5O. The molecule has 4 aromatic rings. The number of nitrogens with zero attached hydrogens (tertiary/aromatic N) is 4. The van der Waals surface area contributed by atoms with Crippen LogP contribution in [0.5, 0.6) is 5.88 Å². The quantitative estimate of drug-likeness (QED) is 0.594. The summed E-state index contributed by atoms with van der Waals surface area (Å²) in [7, 11) is 0. The summed E-state index contributed by atoms with van der Waals surface area (Å²) in [5.41, 5.74) is 3.29. The maximum absolute atomic E-state index is 10.3. The van der Waals surface area contributed by atoms with Crippen molar-refractivity contribution in [1.82, 2.24) is 24.9 Å². The lowest BCUT2D eigenvalue weighted by atomic mass is 10.1. The van der Waals surface area contributed by atoms with Crippen molar-refractivity contribution in [2.75, 3.05) is 0 Å². The van der Waals surface area contributed by atoms with E-state index in [9.17, 15) is 5.11 Å². The third kappa shape index (κ3) is 1.95. The minimum absolute atomic E-state index is 0.0399. The highest BCUT2D eigenvalue weighted by atomic mass is 16.3. The molecule has 2 N–H and O–H groups in total. The predicted octanol–water partition coefficient (Wildman–Crippen LogP) is 3.15. The summed E-state index contributed by atoms with van der Waals surface area (Å²) < 4.78 is 0. The molecule has 0 bridgehead atoms. The van der Waals surface area contributed by atoms with Crippen LogP contribution in [0.3, 0.4) is 0 Å². The minimum Gasteiger partial charge on any atom is -0.493 e. The summed E-state index contributed by atoms with van der Waals surface area (Å²) in [6.07, 6.45) is 5.59. The van der Waals surface area contributed by atoms with E-state index in [1.54, 1.807) is 0 Å². The van der Waals surface area contributed by atoms with Crippen LogP contribution < -0.4 is 0 Å². The lowest BCUT2D eigenvalue weighted by Gasteiger charge is -2.07. The van der Waals surface area contributed by atoms with Crippen molar-refractivity contribution in [1.29, 1.82) is 0 Å². The van der Waals surface area contributed by atoms with E-state index in [2.05, 4.69) is 24.9 Å². The standard InChI is InChI=1S/C17H13N5O/c23-17-12-7-10(14-11-5-6-18-16(11)20-8-19-14)3-4-13(12)21-15(22-17)9-1-2-9/h3-9H,1-2H2,(H,18,19,20)(H,21,22,23). The van der Waals surface area contributed by atoms with Crippen LogP contribution in [-0.2, 0) is 0 Å². The topological polar surface area (TPSA) is 87.6 Å². The van der Waals surface area contributed by atoms with Gasteiger partial charge in [0.05, 0.1) is 16.6 Å². The summed E-state index contributed by atoms with van der Waals surface area (Å²) in [5, 5.41) is 11.9. The van der Waals surface area contributed by atoms with Gasteiger partial charge < -0.3 is 10.1 Å². The SMILES string of the molecule is Oc1nc(C2CC2)nc2ccc(-c3ncnc4[nH]ccc34)cc12. The van der Waals surface area contributed by atoms with Crippen LogP contribution in [0.4, 0.5) is 0 Å². The van der Waals surface area contributed by atoms with Gasteiger partial charge in [0.25, 0.3) is 0 Å². The molecule has 0 atom stereocenters. The number of nitrogens with one attached hydrogen (secondary N) is 1. The van der Waals surface area contributed by atoms with Gasteiger partial charge in [-0.1, -0.05) is 6.07 Å². The zero-order chi connectivity index (χ0) is 15.4. The van der Waals surface area contributed by atoms with Gasteiger partial charge in [0.15, 0.2) is 0 Å². The third-order valence-corrected chi connectivity index (χ3v) is 4.26. The molecule has 1 aromatic carbocycles. The van der Waals surface area contributed by atoms with Gasteiger partial charge in [-0.3, -0.25) is 0 Å². The van der Waals surface area contributed by atoms with Crippen LogP contribution in [0.15, 0.2) is 36.8 Å². The number of rotatable bonds is 2. The highest BCUT2D eigenvalue weighted by molar-refractivity contribution is 5.94. The van der Waals surface area contributed by atoms with Gasteiger partial charge >= 0.3 is 0 Å². The number of benzene rings is 1. The molecule has 1 aliphatic rings. The van der Waals surface area contributed by atoms with E-state index >= 15 is 0 Å². The summed E-state index contributed by atoms with van der Waals surface area (Å²) in [4.78, 5) is 20.5. The third-order valence-electron chi connectivity index (χ3n) is 4.26. The first kappa shape index (κ1) is 12.5. The van der Waals surface area contributed by atoms with Crippen molar-refractivity contribution >= 4 is 21.9 Å². The molecule has 0 unspecified atom stereocenters. The van der Waals surface area contributed by atoms with Gasteiger partial charge in [-0.25, -0.2) is 15.0 Å². The number of aromatic amines is 1. The Morgan fingerprint density at radius 2 is 1.96 bits per heavy atom. The molecule has 1 fully saturated rings. The highest BCUT2D eigenvalue weighted by Gasteiger charge is 2.27. The number of aromatic hydroxyl groups is 1. The van der Waals surface area contributed by atoms with Crippen LogP contribution in [0.2, 0.25) is 0 Å². The van der Waals surface area contributed by atoms with Crippen molar-refractivity contribution in [3.63, 3.8) is 0 Å². The molecule has 6 nitrogen and oxygen atoms in total. The average molecular weight is 303 g/mol. The molecule has 1 saturated carbocycles. The normalized spacial score (nSPS) is 14.6. The first-order valence-corrected chi connectivity index (χ1v) is 7.59. The summed E-state index contributed by atoms with van der Waals surface area (Å²) in [6.45, 7) is 0. The van der Waals surface area contributed by atoms with E-state index in [1.807, 2.05) is 30.5 Å². The lowest BCUT2D eigenvalue weighted by Crippen LogP contribution is -1.94. The first-order valence-electron chi connectivity index (χ1n) is 7.59. The van der Waals surface area contributed by atoms with Gasteiger partial charge in [-0.15, -0.1) is 0 Å². The maximum atomic E-state index is 10.3. The molecule has 0 radical (unpaired) electrons. The summed E-state index contributed by atoms with van der Waals surface area (Å²) in [5.74, 6) is 1.20. The second-order valence-electron chi connectivity index (χ2n) is 5.87. The molecule has 0 saturated heterocycles. The zero-order valence-corrected chi connectivity index (χ0v) is 12.2. The van der Waals surface area contributed by atoms with E-state index in [1.165, 1.54) is 6.33 Å². The lowest BCUT2D eigenvalue weighted by molar-refractivity contribution is 0.456. The van der Waals surface area contributed by atoms with Gasteiger partial charge in [0.1, 0.15) is 17.8 Å². The Morgan fingerprint density at radius 1 is 1.04 bits per heavy atom. The van der Waals surface area contributed by atoms with Gasteiger partial charge in [-0.2, -0.15) is 4.98 Å². The molecule has 5 rings (SSSR count). The minimum atomic E-state index is 0.0399. The zero-order valence-electron chi connectivity index (χ0n) is 12.2. The maximum Gasteiger partial charge on any atom is 0.222 e. The van der Waals surface area contributed by atoms with Crippen LogP contribution in [0.25, 0.3) is 33.2 Å². The molecule has 0 amide bonds. The van der Waals surface area contributed by atoms with Crippen LogP contribution in [0, 0.1) is 0 Å². The number of hydrogen-bond acceptors (Lipinski definition) is 5. The first-order chi connectivity index (χ1) is 11.3. The molecular weight excluding hydrogens is 290 g/mol. The van der Waals surface area contributed by atoms with E-state index in [0.29, 0.717) is 11.3 Å². The van der Waals surface area contributed by atoms with E-state index in [4.69, 9.17) is 0 Å². The average Bonchev–Trinajstić information content (AvgIpc) is 3.31. The Labute approximate surface area is 131 Å². The molecule has 0 aliphatic heterocycles. The Hall–Kier alpha value is -3.02. The van der Waals surface area contributed by atoms with Crippen molar-refractivity contribution in [2.24, 2.45) is 0 Å². The van der Waals surface area contributed by atoms with Gasteiger partial charge in [-0.05, 0) is 31.0 Å². The van der Waals surface area contributed by atoms with Gasteiger partial charge in [0, 0.05) is 23.1 Å². The largest absolute Gasteiger partial charge is 0.493 e. The van der Waals surface area contributed by atoms with E-state index in [0.717, 1.165) is 46.5 Å².